The van der Waals surface area contributed by atoms with Crippen molar-refractivity contribution in [3.05, 3.63) is 24.3 Å². The minimum absolute atomic E-state index is 0.121. The van der Waals surface area contributed by atoms with Gasteiger partial charge in [-0.15, -0.1) is 0 Å². The quantitative estimate of drug-likeness (QED) is 0.807. The fourth-order valence-electron chi connectivity index (χ4n) is 2.68. The van der Waals surface area contributed by atoms with Gasteiger partial charge in [0.15, 0.2) is 11.5 Å². The minimum atomic E-state index is 0.121. The van der Waals surface area contributed by atoms with E-state index in [1.54, 1.807) is 0 Å². The van der Waals surface area contributed by atoms with Gasteiger partial charge in [-0.1, -0.05) is 26.0 Å². The second-order valence-corrected chi connectivity index (χ2v) is 5.83. The third-order valence-corrected chi connectivity index (χ3v) is 4.23. The van der Waals surface area contributed by atoms with E-state index in [0.29, 0.717) is 6.61 Å². The molecule has 0 N–H and O–H groups in total. The third kappa shape index (κ3) is 4.15. The van der Waals surface area contributed by atoms with Crippen LogP contribution in [0.25, 0.3) is 0 Å². The Bertz CT molecular complexity index is 481. The van der Waals surface area contributed by atoms with Crippen molar-refractivity contribution in [3.8, 4) is 11.5 Å². The van der Waals surface area contributed by atoms with Gasteiger partial charge < -0.3 is 14.4 Å². The molecule has 0 saturated carbocycles. The normalized spacial score (nSPS) is 17.1. The number of ether oxygens (including phenoxy) is 2. The van der Waals surface area contributed by atoms with E-state index in [4.69, 9.17) is 9.47 Å². The van der Waals surface area contributed by atoms with E-state index < -0.39 is 0 Å². The van der Waals surface area contributed by atoms with Crippen LogP contribution in [0.1, 0.15) is 40.0 Å². The molecule has 0 radical (unpaired) electrons. The highest BCUT2D eigenvalue weighted by Gasteiger charge is 2.26. The second kappa shape index (κ2) is 8.06. The maximum absolute atomic E-state index is 12.2. The summed E-state index contributed by atoms with van der Waals surface area (Å²) in [5, 5.41) is 0. The summed E-state index contributed by atoms with van der Waals surface area (Å²) in [5.74, 6) is 1.99. The summed E-state index contributed by atoms with van der Waals surface area (Å²) in [6.45, 7) is 8.22. The Labute approximate surface area is 133 Å². The van der Waals surface area contributed by atoms with Crippen molar-refractivity contribution in [2.45, 2.75) is 46.1 Å². The fraction of sp³-hybridized carbons (Fsp3) is 0.611. The fourth-order valence-corrected chi connectivity index (χ4v) is 2.68. The van der Waals surface area contributed by atoms with E-state index in [2.05, 4.69) is 6.92 Å². The second-order valence-electron chi connectivity index (χ2n) is 5.83. The van der Waals surface area contributed by atoms with Crippen molar-refractivity contribution < 1.29 is 14.3 Å². The number of para-hydroxylation sites is 2. The molecule has 122 valence electrons. The Morgan fingerprint density at radius 1 is 1.23 bits per heavy atom. The van der Waals surface area contributed by atoms with Crippen LogP contribution < -0.4 is 9.47 Å². The van der Waals surface area contributed by atoms with Gasteiger partial charge in [-0.3, -0.25) is 4.79 Å². The lowest BCUT2D eigenvalue weighted by molar-refractivity contribution is -0.136. The molecule has 1 aliphatic rings. The smallest absolute Gasteiger partial charge is 0.225 e. The number of carbonyl (C=O) groups is 1. The highest BCUT2D eigenvalue weighted by molar-refractivity contribution is 5.78. The first kappa shape index (κ1) is 16.7. The average Bonchev–Trinajstić information content (AvgIpc) is 2.56. The van der Waals surface area contributed by atoms with Crippen LogP contribution in [0.3, 0.4) is 0 Å². The number of rotatable bonds is 6. The molecule has 0 aliphatic carbocycles. The molecule has 1 aromatic rings. The van der Waals surface area contributed by atoms with Crippen molar-refractivity contribution in [2.24, 2.45) is 5.92 Å². The van der Waals surface area contributed by atoms with Crippen molar-refractivity contribution in [2.75, 3.05) is 19.7 Å². The molecule has 0 bridgehead atoms. The first-order chi connectivity index (χ1) is 10.7. The van der Waals surface area contributed by atoms with Crippen LogP contribution in [0.4, 0.5) is 0 Å². The van der Waals surface area contributed by atoms with E-state index >= 15 is 0 Å². The third-order valence-electron chi connectivity index (χ3n) is 4.23. The Morgan fingerprint density at radius 3 is 2.45 bits per heavy atom. The molecule has 1 heterocycles. The minimum Gasteiger partial charge on any atom is -0.490 e. The number of benzene rings is 1. The average molecular weight is 305 g/mol. The molecular formula is C18H27NO3. The van der Waals surface area contributed by atoms with E-state index in [-0.39, 0.29) is 17.9 Å². The summed E-state index contributed by atoms with van der Waals surface area (Å²) in [6.07, 6.45) is 2.81. The molecule has 0 spiro atoms. The topological polar surface area (TPSA) is 38.8 Å². The van der Waals surface area contributed by atoms with E-state index in [0.717, 1.165) is 43.9 Å². The first-order valence-corrected chi connectivity index (χ1v) is 8.33. The number of likely N-dealkylation sites (tertiary alicyclic amines) is 1. The molecular weight excluding hydrogens is 278 g/mol. The molecule has 0 unspecified atom stereocenters. The standard InChI is InChI=1S/C18H27NO3/c1-4-14(3)18(20)19-12-10-15(11-13-19)22-17-9-7-6-8-16(17)21-5-2/h6-9,14-15H,4-5,10-13H2,1-3H3/t14-/m0/s1. The van der Waals surface area contributed by atoms with Crippen molar-refractivity contribution in [3.63, 3.8) is 0 Å². The number of hydrogen-bond acceptors (Lipinski definition) is 3. The summed E-state index contributed by atoms with van der Waals surface area (Å²) >= 11 is 0. The Hall–Kier alpha value is -1.71. The highest BCUT2D eigenvalue weighted by Crippen LogP contribution is 2.29. The molecule has 4 heteroatoms. The summed E-state index contributed by atoms with van der Waals surface area (Å²) in [5.41, 5.74) is 0. The van der Waals surface area contributed by atoms with Gasteiger partial charge in [-0.05, 0) is 25.5 Å². The Morgan fingerprint density at radius 2 is 1.86 bits per heavy atom. The zero-order valence-electron chi connectivity index (χ0n) is 13.9. The van der Waals surface area contributed by atoms with Crippen molar-refractivity contribution in [1.29, 1.82) is 0 Å². The van der Waals surface area contributed by atoms with Gasteiger partial charge in [0.25, 0.3) is 0 Å². The lowest BCUT2D eigenvalue weighted by atomic mass is 10.0. The van der Waals surface area contributed by atoms with Crippen LogP contribution in [0.5, 0.6) is 11.5 Å². The molecule has 1 aromatic carbocycles. The number of hydrogen-bond donors (Lipinski definition) is 0. The van der Waals surface area contributed by atoms with Crippen LogP contribution in [0.2, 0.25) is 0 Å². The molecule has 2 rings (SSSR count). The van der Waals surface area contributed by atoms with Crippen molar-refractivity contribution >= 4 is 5.91 Å². The molecule has 1 atom stereocenters. The zero-order valence-corrected chi connectivity index (χ0v) is 13.9. The van der Waals surface area contributed by atoms with Crippen LogP contribution in [0, 0.1) is 5.92 Å². The zero-order chi connectivity index (χ0) is 15.9. The summed E-state index contributed by atoms with van der Waals surface area (Å²) in [6, 6.07) is 7.78. The molecule has 1 amide bonds. The van der Waals surface area contributed by atoms with Gasteiger partial charge in [-0.25, -0.2) is 0 Å². The van der Waals surface area contributed by atoms with Crippen molar-refractivity contribution in [1.82, 2.24) is 4.90 Å². The first-order valence-electron chi connectivity index (χ1n) is 8.33. The van der Waals surface area contributed by atoms with Crippen LogP contribution in [-0.2, 0) is 4.79 Å². The molecule has 22 heavy (non-hydrogen) atoms. The van der Waals surface area contributed by atoms with Crippen LogP contribution in [0.15, 0.2) is 24.3 Å². The maximum Gasteiger partial charge on any atom is 0.225 e. The van der Waals surface area contributed by atoms with Gasteiger partial charge in [0.1, 0.15) is 6.10 Å². The van der Waals surface area contributed by atoms with E-state index in [9.17, 15) is 4.79 Å². The summed E-state index contributed by atoms with van der Waals surface area (Å²) in [4.78, 5) is 14.2. The Kier molecular flexibility index (Phi) is 6.10. The predicted molar refractivity (Wildman–Crippen MR) is 87.3 cm³/mol. The molecule has 1 fully saturated rings. The maximum atomic E-state index is 12.2. The summed E-state index contributed by atoms with van der Waals surface area (Å²) in [7, 11) is 0. The number of amides is 1. The van der Waals surface area contributed by atoms with Gasteiger partial charge in [0.05, 0.1) is 6.61 Å². The lowest BCUT2D eigenvalue weighted by Gasteiger charge is -2.33. The molecule has 1 aliphatic heterocycles. The molecule has 4 nitrogen and oxygen atoms in total. The number of carbonyl (C=O) groups excluding carboxylic acids is 1. The molecule has 1 saturated heterocycles. The van der Waals surface area contributed by atoms with Crippen LogP contribution in [-0.4, -0.2) is 36.6 Å². The highest BCUT2D eigenvalue weighted by atomic mass is 16.5. The monoisotopic (exact) mass is 305 g/mol. The summed E-state index contributed by atoms with van der Waals surface area (Å²) < 4.78 is 11.7. The Balaban J connectivity index is 1.89. The number of piperidine rings is 1. The van der Waals surface area contributed by atoms with Gasteiger partial charge in [0.2, 0.25) is 5.91 Å². The predicted octanol–water partition coefficient (Wildman–Crippen LogP) is 3.50. The largest absolute Gasteiger partial charge is 0.490 e. The van der Waals surface area contributed by atoms with Gasteiger partial charge >= 0.3 is 0 Å². The number of nitrogens with zero attached hydrogens (tertiary/aromatic N) is 1. The van der Waals surface area contributed by atoms with E-state index in [1.807, 2.05) is 43.0 Å². The SMILES string of the molecule is CCOc1ccccc1OC1CCN(C(=O)[C@@H](C)CC)CC1. The lowest BCUT2D eigenvalue weighted by Crippen LogP contribution is -2.43. The molecule has 0 aromatic heterocycles. The van der Waals surface area contributed by atoms with Gasteiger partial charge in [0, 0.05) is 31.8 Å². The van der Waals surface area contributed by atoms with Gasteiger partial charge in [-0.2, -0.15) is 0 Å². The van der Waals surface area contributed by atoms with E-state index in [1.165, 1.54) is 0 Å². The van der Waals surface area contributed by atoms with Crippen LogP contribution >= 0.6 is 0 Å².